The van der Waals surface area contributed by atoms with Crippen molar-refractivity contribution in [2.45, 2.75) is 17.9 Å². The maximum absolute atomic E-state index is 11.3. The number of carbonyl (C=O) groups is 1. The number of hydrogen-bond acceptors (Lipinski definition) is 5. The zero-order chi connectivity index (χ0) is 14.4. The standard InChI is InChI=1S/C13H16N4O2S/c1-20-11-5-2-4-10(12(11)13(18)19)14-6-3-8-17-9-7-15-16-17/h2,4-5,7,9,14H,3,6,8H2,1H3,(H,18,19). The molecule has 0 saturated heterocycles. The number of carboxylic acid groups (broad SMARTS) is 1. The summed E-state index contributed by atoms with van der Waals surface area (Å²) in [5.74, 6) is -0.909. The number of hydrogen-bond donors (Lipinski definition) is 2. The maximum Gasteiger partial charge on any atom is 0.338 e. The lowest BCUT2D eigenvalue weighted by molar-refractivity contribution is 0.0694. The Morgan fingerprint density at radius 2 is 2.35 bits per heavy atom. The number of aromatic nitrogens is 3. The van der Waals surface area contributed by atoms with Gasteiger partial charge in [0, 0.05) is 29.9 Å². The molecule has 0 spiro atoms. The molecule has 106 valence electrons. The molecule has 6 nitrogen and oxygen atoms in total. The monoisotopic (exact) mass is 292 g/mol. The first-order valence-corrected chi connectivity index (χ1v) is 7.43. The lowest BCUT2D eigenvalue weighted by Crippen LogP contribution is -2.11. The second-order valence-corrected chi connectivity index (χ2v) is 4.98. The minimum absolute atomic E-state index is 0.334. The van der Waals surface area contributed by atoms with Crippen LogP contribution < -0.4 is 5.32 Å². The summed E-state index contributed by atoms with van der Waals surface area (Å²) in [6.45, 7) is 1.43. The van der Waals surface area contributed by atoms with E-state index in [0.717, 1.165) is 17.9 Å². The van der Waals surface area contributed by atoms with Crippen LogP contribution in [0.2, 0.25) is 0 Å². The Balaban J connectivity index is 1.96. The van der Waals surface area contributed by atoms with Crippen LogP contribution in [0.1, 0.15) is 16.8 Å². The Labute approximate surface area is 121 Å². The SMILES string of the molecule is CSc1cccc(NCCCn2ccnn2)c1C(=O)O. The molecule has 0 atom stereocenters. The molecular formula is C13H16N4O2S. The van der Waals surface area contributed by atoms with Gasteiger partial charge in [0.05, 0.1) is 11.8 Å². The van der Waals surface area contributed by atoms with Crippen molar-refractivity contribution in [3.05, 3.63) is 36.2 Å². The van der Waals surface area contributed by atoms with Crippen molar-refractivity contribution in [1.82, 2.24) is 15.0 Å². The van der Waals surface area contributed by atoms with Gasteiger partial charge in [-0.3, -0.25) is 4.68 Å². The highest BCUT2D eigenvalue weighted by molar-refractivity contribution is 7.98. The van der Waals surface area contributed by atoms with E-state index in [1.165, 1.54) is 11.8 Å². The first kappa shape index (κ1) is 14.4. The quantitative estimate of drug-likeness (QED) is 0.601. The summed E-state index contributed by atoms with van der Waals surface area (Å²) >= 11 is 1.43. The topological polar surface area (TPSA) is 80.0 Å². The molecule has 2 N–H and O–H groups in total. The predicted molar refractivity (Wildman–Crippen MR) is 78.3 cm³/mol. The van der Waals surface area contributed by atoms with Gasteiger partial charge in [0.25, 0.3) is 0 Å². The fourth-order valence-electron chi connectivity index (χ4n) is 1.89. The second-order valence-electron chi connectivity index (χ2n) is 4.13. The Bertz CT molecular complexity index is 572. The Morgan fingerprint density at radius 3 is 3.00 bits per heavy atom. The van der Waals surface area contributed by atoms with Crippen molar-refractivity contribution in [3.63, 3.8) is 0 Å². The van der Waals surface area contributed by atoms with Crippen molar-refractivity contribution < 1.29 is 9.90 Å². The minimum Gasteiger partial charge on any atom is -0.478 e. The number of carboxylic acids is 1. The largest absolute Gasteiger partial charge is 0.478 e. The lowest BCUT2D eigenvalue weighted by Gasteiger charge is -2.12. The van der Waals surface area contributed by atoms with Gasteiger partial charge in [-0.25, -0.2) is 4.79 Å². The van der Waals surface area contributed by atoms with Crippen molar-refractivity contribution in [2.24, 2.45) is 0 Å². The highest BCUT2D eigenvalue weighted by Gasteiger charge is 2.14. The molecule has 2 aromatic rings. The van der Waals surface area contributed by atoms with Gasteiger partial charge in [0.1, 0.15) is 0 Å². The number of benzene rings is 1. The third-order valence-corrected chi connectivity index (χ3v) is 3.59. The van der Waals surface area contributed by atoms with Gasteiger partial charge in [-0.15, -0.1) is 16.9 Å². The van der Waals surface area contributed by atoms with Crippen LogP contribution in [-0.2, 0) is 6.54 Å². The molecule has 0 unspecified atom stereocenters. The van der Waals surface area contributed by atoms with Gasteiger partial charge in [-0.2, -0.15) is 0 Å². The number of thioether (sulfide) groups is 1. The number of anilines is 1. The van der Waals surface area contributed by atoms with E-state index in [0.29, 0.717) is 17.8 Å². The van der Waals surface area contributed by atoms with Crippen LogP contribution in [0.3, 0.4) is 0 Å². The molecule has 2 rings (SSSR count). The van der Waals surface area contributed by atoms with Gasteiger partial charge in [-0.05, 0) is 24.8 Å². The van der Waals surface area contributed by atoms with Crippen LogP contribution in [-0.4, -0.2) is 38.9 Å². The molecular weight excluding hydrogens is 276 g/mol. The average molecular weight is 292 g/mol. The fraction of sp³-hybridized carbons (Fsp3) is 0.308. The number of rotatable bonds is 7. The summed E-state index contributed by atoms with van der Waals surface area (Å²) in [5.41, 5.74) is 0.990. The molecule has 0 aliphatic rings. The van der Waals surface area contributed by atoms with Crippen molar-refractivity contribution >= 4 is 23.4 Å². The summed E-state index contributed by atoms with van der Waals surface area (Å²) in [4.78, 5) is 12.1. The summed E-state index contributed by atoms with van der Waals surface area (Å²) in [6.07, 6.45) is 6.15. The highest BCUT2D eigenvalue weighted by Crippen LogP contribution is 2.27. The highest BCUT2D eigenvalue weighted by atomic mass is 32.2. The fourth-order valence-corrected chi connectivity index (χ4v) is 2.50. The smallest absolute Gasteiger partial charge is 0.338 e. The van der Waals surface area contributed by atoms with Crippen LogP contribution in [0.4, 0.5) is 5.69 Å². The number of nitrogens with one attached hydrogen (secondary N) is 1. The van der Waals surface area contributed by atoms with Crippen molar-refractivity contribution in [1.29, 1.82) is 0 Å². The lowest BCUT2D eigenvalue weighted by atomic mass is 10.1. The Hall–Kier alpha value is -2.02. The maximum atomic E-state index is 11.3. The Kier molecular flexibility index (Phi) is 5.00. The van der Waals surface area contributed by atoms with Crippen LogP contribution in [0.25, 0.3) is 0 Å². The molecule has 0 aliphatic carbocycles. The summed E-state index contributed by atoms with van der Waals surface area (Å²) in [5, 5.41) is 20.1. The van der Waals surface area contributed by atoms with Crippen LogP contribution >= 0.6 is 11.8 Å². The van der Waals surface area contributed by atoms with Crippen LogP contribution in [0.5, 0.6) is 0 Å². The zero-order valence-electron chi connectivity index (χ0n) is 11.1. The average Bonchev–Trinajstić information content (AvgIpc) is 2.96. The van der Waals surface area contributed by atoms with E-state index < -0.39 is 5.97 Å². The van der Waals surface area contributed by atoms with E-state index in [-0.39, 0.29) is 0 Å². The van der Waals surface area contributed by atoms with Gasteiger partial charge >= 0.3 is 5.97 Å². The minimum atomic E-state index is -0.909. The molecule has 1 aromatic heterocycles. The number of nitrogens with zero attached hydrogens (tertiary/aromatic N) is 3. The van der Waals surface area contributed by atoms with E-state index in [1.807, 2.05) is 18.4 Å². The summed E-state index contributed by atoms with van der Waals surface area (Å²) < 4.78 is 1.75. The molecule has 0 aliphatic heterocycles. The number of aromatic carboxylic acids is 1. The molecule has 0 amide bonds. The molecule has 20 heavy (non-hydrogen) atoms. The van der Waals surface area contributed by atoms with Crippen molar-refractivity contribution in [2.75, 3.05) is 18.1 Å². The molecule has 7 heteroatoms. The zero-order valence-corrected chi connectivity index (χ0v) is 11.9. The van der Waals surface area contributed by atoms with Gasteiger partial charge in [0.15, 0.2) is 0 Å². The third-order valence-electron chi connectivity index (χ3n) is 2.81. The van der Waals surface area contributed by atoms with Gasteiger partial charge in [0.2, 0.25) is 0 Å². The molecule has 0 radical (unpaired) electrons. The third kappa shape index (κ3) is 3.51. The predicted octanol–water partition coefficient (Wildman–Crippen LogP) is 2.20. The summed E-state index contributed by atoms with van der Waals surface area (Å²) in [7, 11) is 0. The van der Waals surface area contributed by atoms with Gasteiger partial charge in [-0.1, -0.05) is 11.3 Å². The van der Waals surface area contributed by atoms with E-state index in [9.17, 15) is 9.90 Å². The van der Waals surface area contributed by atoms with E-state index >= 15 is 0 Å². The van der Waals surface area contributed by atoms with Gasteiger partial charge < -0.3 is 10.4 Å². The molecule has 0 saturated carbocycles. The van der Waals surface area contributed by atoms with E-state index in [2.05, 4.69) is 15.6 Å². The van der Waals surface area contributed by atoms with E-state index in [1.54, 1.807) is 23.1 Å². The Morgan fingerprint density at radius 1 is 1.50 bits per heavy atom. The van der Waals surface area contributed by atoms with Crippen LogP contribution in [0, 0.1) is 0 Å². The normalized spacial score (nSPS) is 10.4. The molecule has 1 heterocycles. The van der Waals surface area contributed by atoms with Crippen molar-refractivity contribution in [3.8, 4) is 0 Å². The van der Waals surface area contributed by atoms with E-state index in [4.69, 9.17) is 0 Å². The first-order valence-electron chi connectivity index (χ1n) is 6.20. The molecule has 0 bridgehead atoms. The first-order chi connectivity index (χ1) is 9.72. The molecule has 0 fully saturated rings. The molecule has 1 aromatic carbocycles. The summed E-state index contributed by atoms with van der Waals surface area (Å²) in [6, 6.07) is 5.46. The second kappa shape index (κ2) is 6.95. The van der Waals surface area contributed by atoms with Crippen LogP contribution in [0.15, 0.2) is 35.5 Å². The number of aryl methyl sites for hydroxylation is 1.